The first-order chi connectivity index (χ1) is 15.4. The number of fused-ring (bicyclic) bond motifs is 2. The maximum atomic E-state index is 12.8. The van der Waals surface area contributed by atoms with Gasteiger partial charge in [-0.3, -0.25) is 25.0 Å². The van der Waals surface area contributed by atoms with Gasteiger partial charge in [0.1, 0.15) is 16.9 Å². The van der Waals surface area contributed by atoms with Crippen LogP contribution in [-0.4, -0.2) is 27.8 Å². The van der Waals surface area contributed by atoms with E-state index in [4.69, 9.17) is 0 Å². The first-order valence-electron chi connectivity index (χ1n) is 9.60. The van der Waals surface area contributed by atoms with Gasteiger partial charge in [0.15, 0.2) is 0 Å². The van der Waals surface area contributed by atoms with Crippen LogP contribution < -0.4 is 21.5 Å². The van der Waals surface area contributed by atoms with Gasteiger partial charge in [0, 0.05) is 5.56 Å². The van der Waals surface area contributed by atoms with Crippen molar-refractivity contribution < 1.29 is 14.4 Å². The molecule has 156 valence electrons. The Morgan fingerprint density at radius 2 is 1.62 bits per heavy atom. The van der Waals surface area contributed by atoms with Crippen LogP contribution in [0.3, 0.4) is 0 Å². The molecule has 10 nitrogen and oxygen atoms in total. The monoisotopic (exact) mass is 426 g/mol. The van der Waals surface area contributed by atoms with Crippen molar-refractivity contribution in [3.05, 3.63) is 81.4 Å². The van der Waals surface area contributed by atoms with E-state index in [1.165, 1.54) is 0 Å². The Hall–Kier alpha value is -4.78. The maximum Gasteiger partial charge on any atom is 0.328 e. The number of rotatable bonds is 2. The number of aromatic nitrogens is 2. The van der Waals surface area contributed by atoms with Gasteiger partial charge in [-0.25, -0.2) is 9.78 Å². The zero-order valence-electron chi connectivity index (χ0n) is 16.4. The second kappa shape index (κ2) is 6.88. The van der Waals surface area contributed by atoms with E-state index < -0.39 is 23.4 Å². The molecule has 1 saturated heterocycles. The first kappa shape index (κ1) is 19.2. The summed E-state index contributed by atoms with van der Waals surface area (Å²) in [5.74, 6) is -1.58. The summed E-state index contributed by atoms with van der Waals surface area (Å²) in [6.07, 6.45) is -0.162. The van der Waals surface area contributed by atoms with Gasteiger partial charge in [-0.15, -0.1) is 0 Å². The molecule has 1 unspecified atom stereocenters. The molecule has 2 aromatic carbocycles. The highest BCUT2D eigenvalue weighted by Crippen LogP contribution is 2.43. The lowest BCUT2D eigenvalue weighted by Crippen LogP contribution is -2.52. The normalized spacial score (nSPS) is 19.8. The van der Waals surface area contributed by atoms with Crippen molar-refractivity contribution in [1.82, 2.24) is 25.9 Å². The highest BCUT2D eigenvalue weighted by atomic mass is 16.2. The van der Waals surface area contributed by atoms with Crippen molar-refractivity contribution in [2.45, 2.75) is 12.0 Å². The van der Waals surface area contributed by atoms with Crippen molar-refractivity contribution in [3.63, 3.8) is 0 Å². The molecule has 4 N–H and O–H groups in total. The van der Waals surface area contributed by atoms with Crippen LogP contribution in [0.5, 0.6) is 0 Å². The maximum absolute atomic E-state index is 12.8. The third-order valence-corrected chi connectivity index (χ3v) is 5.51. The molecular formula is C22H14N6O4. The number of nitrogens with zero attached hydrogens (tertiary/aromatic N) is 2. The second-order valence-electron chi connectivity index (χ2n) is 7.33. The van der Waals surface area contributed by atoms with Gasteiger partial charge in [-0.2, -0.15) is 5.26 Å². The zero-order valence-corrected chi connectivity index (χ0v) is 16.4. The molecule has 3 heterocycles. The van der Waals surface area contributed by atoms with Crippen LogP contribution in [0, 0.1) is 11.3 Å². The summed E-state index contributed by atoms with van der Waals surface area (Å²) >= 11 is 0. The topological polar surface area (TPSA) is 157 Å². The van der Waals surface area contributed by atoms with Crippen molar-refractivity contribution in [3.8, 4) is 6.07 Å². The third-order valence-electron chi connectivity index (χ3n) is 5.51. The zero-order chi connectivity index (χ0) is 22.5. The molecule has 32 heavy (non-hydrogen) atoms. The largest absolute Gasteiger partial charge is 0.367 e. The Labute approximate surface area is 180 Å². The van der Waals surface area contributed by atoms with Gasteiger partial charge in [0.2, 0.25) is 0 Å². The highest BCUT2D eigenvalue weighted by molar-refractivity contribution is 6.32. The Morgan fingerprint density at radius 3 is 2.38 bits per heavy atom. The standard InChI is InChI=1S/C22H14N6O4/c23-10-9-22(20-24-14-8-4-2-6-12(14)17(29)25-20)13-7-3-1-5-11(13)16(28-22)15-18(30)26-21(32)27-19(15)31/h1-8,28H,9H2,(H,24,25,29)(H2,26,27,30,31,32). The highest BCUT2D eigenvalue weighted by Gasteiger charge is 2.47. The molecule has 10 heteroatoms. The van der Waals surface area contributed by atoms with Crippen molar-refractivity contribution in [1.29, 1.82) is 5.26 Å². The smallest absolute Gasteiger partial charge is 0.328 e. The molecule has 1 aromatic heterocycles. The van der Waals surface area contributed by atoms with E-state index >= 15 is 0 Å². The predicted octanol–water partition coefficient (Wildman–Crippen LogP) is 0.761. The van der Waals surface area contributed by atoms with E-state index in [1.807, 2.05) is 0 Å². The summed E-state index contributed by atoms with van der Waals surface area (Å²) in [5, 5.41) is 17.3. The Morgan fingerprint density at radius 1 is 0.938 bits per heavy atom. The van der Waals surface area contributed by atoms with E-state index in [9.17, 15) is 24.4 Å². The summed E-state index contributed by atoms with van der Waals surface area (Å²) in [6, 6.07) is 14.8. The van der Waals surface area contributed by atoms with Crippen LogP contribution in [0.25, 0.3) is 16.6 Å². The lowest BCUT2D eigenvalue weighted by atomic mass is 9.86. The van der Waals surface area contributed by atoms with E-state index in [0.717, 1.165) is 0 Å². The predicted molar refractivity (Wildman–Crippen MR) is 112 cm³/mol. The van der Waals surface area contributed by atoms with Crippen LogP contribution in [0.4, 0.5) is 4.79 Å². The number of aromatic amines is 1. The quantitative estimate of drug-likeness (QED) is 0.348. The number of nitriles is 1. The molecule has 0 aliphatic carbocycles. The lowest BCUT2D eigenvalue weighted by molar-refractivity contribution is -0.123. The number of barbiturate groups is 1. The number of hydrogen-bond acceptors (Lipinski definition) is 7. The van der Waals surface area contributed by atoms with E-state index in [1.54, 1.807) is 48.5 Å². The summed E-state index contributed by atoms with van der Waals surface area (Å²) < 4.78 is 0. The Bertz CT molecular complexity index is 1460. The van der Waals surface area contributed by atoms with Crippen molar-refractivity contribution in [2.75, 3.05) is 0 Å². The van der Waals surface area contributed by atoms with Gasteiger partial charge in [0.25, 0.3) is 17.4 Å². The second-order valence-corrected chi connectivity index (χ2v) is 7.33. The number of carbonyl (C=O) groups is 3. The first-order valence-corrected chi connectivity index (χ1v) is 9.60. The van der Waals surface area contributed by atoms with Gasteiger partial charge in [-0.05, 0) is 17.7 Å². The minimum atomic E-state index is -1.33. The summed E-state index contributed by atoms with van der Waals surface area (Å²) in [7, 11) is 0. The van der Waals surface area contributed by atoms with Crippen molar-refractivity contribution in [2.24, 2.45) is 0 Å². The van der Waals surface area contributed by atoms with Gasteiger partial charge >= 0.3 is 6.03 Å². The lowest BCUT2D eigenvalue weighted by Gasteiger charge is -2.28. The summed E-state index contributed by atoms with van der Waals surface area (Å²) in [5.41, 5.74) is -0.425. The number of hydrogen-bond donors (Lipinski definition) is 4. The van der Waals surface area contributed by atoms with E-state index in [2.05, 4.69) is 32.0 Å². The molecule has 4 amide bonds. The number of para-hydroxylation sites is 1. The van der Waals surface area contributed by atoms with Gasteiger partial charge < -0.3 is 10.3 Å². The van der Waals surface area contributed by atoms with Crippen LogP contribution in [0.15, 0.2) is 58.9 Å². The molecule has 0 spiro atoms. The van der Waals surface area contributed by atoms with Gasteiger partial charge in [0.05, 0.1) is 29.1 Å². The molecule has 1 atom stereocenters. The molecule has 0 bridgehead atoms. The van der Waals surface area contributed by atoms with E-state index in [-0.39, 0.29) is 29.1 Å². The van der Waals surface area contributed by atoms with Crippen LogP contribution in [-0.2, 0) is 15.1 Å². The number of imide groups is 2. The fraction of sp³-hybridized carbons (Fsp3) is 0.0909. The minimum Gasteiger partial charge on any atom is -0.367 e. The molecule has 2 aliphatic heterocycles. The minimum absolute atomic E-state index is 0.133. The average molecular weight is 426 g/mol. The Balaban J connectivity index is 1.80. The molecule has 1 fully saturated rings. The number of benzene rings is 2. The number of nitrogens with one attached hydrogen (secondary N) is 4. The molecule has 0 radical (unpaired) electrons. The summed E-state index contributed by atoms with van der Waals surface area (Å²) in [6.45, 7) is 0. The average Bonchev–Trinajstić information content (AvgIpc) is 3.09. The molecule has 2 aliphatic rings. The fourth-order valence-electron chi connectivity index (χ4n) is 4.13. The van der Waals surface area contributed by atoms with Crippen molar-refractivity contribution >= 4 is 34.4 Å². The number of carbonyl (C=O) groups excluding carboxylic acids is 3. The van der Waals surface area contributed by atoms with Gasteiger partial charge in [-0.1, -0.05) is 36.4 Å². The third kappa shape index (κ3) is 2.69. The molecule has 3 aromatic rings. The van der Waals surface area contributed by atoms with Crippen LogP contribution in [0.2, 0.25) is 0 Å². The molecular weight excluding hydrogens is 412 g/mol. The summed E-state index contributed by atoms with van der Waals surface area (Å²) in [4.78, 5) is 56.6. The number of H-pyrrole nitrogens is 1. The fourth-order valence-corrected chi connectivity index (χ4v) is 4.13. The number of amides is 4. The number of urea groups is 1. The SMILES string of the molecule is N#CCC1(c2nc3ccccc3c(=O)[nH]2)NC(=C2C(=O)NC(=O)NC2=O)c2ccccc21. The van der Waals surface area contributed by atoms with Crippen LogP contribution in [0.1, 0.15) is 23.4 Å². The molecule has 5 rings (SSSR count). The Kier molecular flexibility index (Phi) is 4.13. The molecule has 0 saturated carbocycles. The van der Waals surface area contributed by atoms with Crippen LogP contribution >= 0.6 is 0 Å². The van der Waals surface area contributed by atoms with E-state index in [0.29, 0.717) is 22.0 Å².